The first-order chi connectivity index (χ1) is 8.27. The third-order valence-electron chi connectivity index (χ3n) is 2.30. The van der Waals surface area contributed by atoms with Gasteiger partial charge in [0.25, 0.3) is 0 Å². The van der Waals surface area contributed by atoms with E-state index in [4.69, 9.17) is 9.47 Å². The van der Waals surface area contributed by atoms with Gasteiger partial charge in [-0.2, -0.15) is 0 Å². The molecule has 1 saturated heterocycles. The molecule has 1 rings (SSSR count). The van der Waals surface area contributed by atoms with Crippen LogP contribution >= 0.6 is 0 Å². The molecule has 0 aromatic heterocycles. The molecule has 1 fully saturated rings. The summed E-state index contributed by atoms with van der Waals surface area (Å²) in [6.45, 7) is 1.28. The molecule has 1 heterocycles. The van der Waals surface area contributed by atoms with Crippen molar-refractivity contribution < 1.29 is 23.8 Å². The van der Waals surface area contributed by atoms with Gasteiger partial charge in [0.1, 0.15) is 5.70 Å². The van der Waals surface area contributed by atoms with E-state index in [1.54, 1.807) is 6.08 Å². The van der Waals surface area contributed by atoms with Gasteiger partial charge in [-0.05, 0) is 19.3 Å². The first-order valence-corrected chi connectivity index (χ1v) is 5.49. The van der Waals surface area contributed by atoms with Crippen LogP contribution in [-0.2, 0) is 23.8 Å². The molecule has 6 nitrogen and oxygen atoms in total. The summed E-state index contributed by atoms with van der Waals surface area (Å²) < 4.78 is 15.1. The number of rotatable bonds is 7. The molecule has 1 amide bonds. The smallest absolute Gasteiger partial charge is 0.354 e. The lowest BCUT2D eigenvalue weighted by molar-refractivity contribution is -0.137. The van der Waals surface area contributed by atoms with Gasteiger partial charge in [0.15, 0.2) is 6.29 Å². The number of carbonyl (C=O) groups is 2. The van der Waals surface area contributed by atoms with Crippen molar-refractivity contribution in [1.29, 1.82) is 0 Å². The maximum atomic E-state index is 11.2. The minimum Gasteiger partial charge on any atom is -0.464 e. The highest BCUT2D eigenvalue weighted by atomic mass is 16.7. The number of ether oxygens (including phenoxy) is 3. The van der Waals surface area contributed by atoms with Crippen LogP contribution in [0, 0.1) is 0 Å². The molecule has 17 heavy (non-hydrogen) atoms. The molecule has 0 atom stereocenters. The minimum absolute atomic E-state index is 0.135. The topological polar surface area (TPSA) is 73.9 Å². The van der Waals surface area contributed by atoms with Gasteiger partial charge in [-0.25, -0.2) is 4.79 Å². The standard InChI is InChI=1S/C11H17NO5/c1-15-11(14)9(12-8-13)4-2-3-5-10-16-6-7-17-10/h4,8,10H,2-3,5-7H2,1H3,(H,12,13)/b9-4+. The van der Waals surface area contributed by atoms with Gasteiger partial charge < -0.3 is 19.5 Å². The minimum atomic E-state index is -0.550. The van der Waals surface area contributed by atoms with Crippen molar-refractivity contribution in [2.24, 2.45) is 0 Å². The molecule has 1 aliphatic rings. The van der Waals surface area contributed by atoms with E-state index >= 15 is 0 Å². The fraction of sp³-hybridized carbons (Fsp3) is 0.636. The highest BCUT2D eigenvalue weighted by Crippen LogP contribution is 2.12. The monoisotopic (exact) mass is 243 g/mol. The summed E-state index contributed by atoms with van der Waals surface area (Å²) in [4.78, 5) is 21.5. The Balaban J connectivity index is 2.27. The van der Waals surface area contributed by atoms with Crippen LogP contribution in [0.2, 0.25) is 0 Å². The van der Waals surface area contributed by atoms with E-state index in [-0.39, 0.29) is 12.0 Å². The summed E-state index contributed by atoms with van der Waals surface area (Å²) >= 11 is 0. The Labute approximate surface area is 99.9 Å². The van der Waals surface area contributed by atoms with Crippen molar-refractivity contribution in [1.82, 2.24) is 5.32 Å². The highest BCUT2D eigenvalue weighted by molar-refractivity contribution is 5.89. The van der Waals surface area contributed by atoms with Crippen molar-refractivity contribution in [3.8, 4) is 0 Å². The second-order valence-electron chi connectivity index (χ2n) is 3.47. The molecular formula is C11H17NO5. The molecule has 0 aromatic carbocycles. The maximum absolute atomic E-state index is 11.2. The van der Waals surface area contributed by atoms with Crippen molar-refractivity contribution in [2.45, 2.75) is 25.6 Å². The summed E-state index contributed by atoms with van der Waals surface area (Å²) in [5, 5.41) is 2.31. The van der Waals surface area contributed by atoms with E-state index in [9.17, 15) is 9.59 Å². The number of nitrogens with one attached hydrogen (secondary N) is 1. The van der Waals surface area contributed by atoms with Crippen molar-refractivity contribution in [3.63, 3.8) is 0 Å². The Morgan fingerprint density at radius 3 is 2.76 bits per heavy atom. The molecule has 0 radical (unpaired) electrons. The van der Waals surface area contributed by atoms with Gasteiger partial charge in [0.2, 0.25) is 6.41 Å². The molecule has 0 aromatic rings. The Bertz CT molecular complexity index is 284. The lowest BCUT2D eigenvalue weighted by atomic mass is 10.2. The van der Waals surface area contributed by atoms with Gasteiger partial charge in [0.05, 0.1) is 20.3 Å². The predicted octanol–water partition coefficient (Wildman–Crippen LogP) is 0.332. The molecular weight excluding hydrogens is 226 g/mol. The average molecular weight is 243 g/mol. The number of carbonyl (C=O) groups excluding carboxylic acids is 2. The Hall–Kier alpha value is -1.40. The number of allylic oxidation sites excluding steroid dienone is 1. The fourth-order valence-corrected chi connectivity index (χ4v) is 1.48. The molecule has 96 valence electrons. The Morgan fingerprint density at radius 2 is 2.18 bits per heavy atom. The van der Waals surface area contributed by atoms with E-state index in [0.717, 1.165) is 12.8 Å². The first kappa shape index (κ1) is 13.7. The van der Waals surface area contributed by atoms with Gasteiger partial charge in [0, 0.05) is 0 Å². The van der Waals surface area contributed by atoms with E-state index in [1.165, 1.54) is 7.11 Å². The zero-order chi connectivity index (χ0) is 12.5. The van der Waals surface area contributed by atoms with Gasteiger partial charge in [-0.3, -0.25) is 4.79 Å². The van der Waals surface area contributed by atoms with E-state index in [1.807, 2.05) is 0 Å². The summed E-state index contributed by atoms with van der Waals surface area (Å²) in [5.41, 5.74) is 0.163. The van der Waals surface area contributed by atoms with Crippen LogP contribution in [0.3, 0.4) is 0 Å². The molecule has 0 unspecified atom stereocenters. The third-order valence-corrected chi connectivity index (χ3v) is 2.30. The molecule has 0 spiro atoms. The van der Waals surface area contributed by atoms with Crippen LogP contribution in [-0.4, -0.2) is 39.0 Å². The lowest BCUT2D eigenvalue weighted by Gasteiger charge is -2.07. The van der Waals surface area contributed by atoms with Gasteiger partial charge in [-0.1, -0.05) is 6.08 Å². The third kappa shape index (κ3) is 4.97. The van der Waals surface area contributed by atoms with Gasteiger partial charge in [-0.15, -0.1) is 0 Å². The first-order valence-electron chi connectivity index (χ1n) is 5.49. The van der Waals surface area contributed by atoms with Crippen LogP contribution < -0.4 is 5.32 Å². The lowest BCUT2D eigenvalue weighted by Crippen LogP contribution is -2.20. The van der Waals surface area contributed by atoms with Gasteiger partial charge >= 0.3 is 5.97 Å². The number of hydrogen-bond donors (Lipinski definition) is 1. The fourth-order valence-electron chi connectivity index (χ4n) is 1.48. The molecule has 6 heteroatoms. The SMILES string of the molecule is COC(=O)/C(=C\CCCC1OCCO1)NC=O. The van der Waals surface area contributed by atoms with Crippen molar-refractivity contribution >= 4 is 12.4 Å². The molecule has 0 bridgehead atoms. The van der Waals surface area contributed by atoms with Crippen LogP contribution in [0.1, 0.15) is 19.3 Å². The maximum Gasteiger partial charge on any atom is 0.354 e. The van der Waals surface area contributed by atoms with Crippen LogP contribution in [0.5, 0.6) is 0 Å². The molecule has 0 aliphatic carbocycles. The summed E-state index contributed by atoms with van der Waals surface area (Å²) in [5.74, 6) is -0.550. The Kier molecular flexibility index (Phi) is 6.27. The van der Waals surface area contributed by atoms with Crippen molar-refractivity contribution in [3.05, 3.63) is 11.8 Å². The quantitative estimate of drug-likeness (QED) is 0.302. The van der Waals surface area contributed by atoms with Crippen LogP contribution in [0.25, 0.3) is 0 Å². The highest BCUT2D eigenvalue weighted by Gasteiger charge is 2.14. The van der Waals surface area contributed by atoms with Crippen LogP contribution in [0.15, 0.2) is 11.8 Å². The Morgan fingerprint density at radius 1 is 1.47 bits per heavy atom. The summed E-state index contributed by atoms with van der Waals surface area (Å²) in [6.07, 6.45) is 4.18. The second kappa shape index (κ2) is 7.81. The number of amides is 1. The predicted molar refractivity (Wildman–Crippen MR) is 58.8 cm³/mol. The van der Waals surface area contributed by atoms with Crippen molar-refractivity contribution in [2.75, 3.05) is 20.3 Å². The molecule has 1 aliphatic heterocycles. The van der Waals surface area contributed by atoms with E-state index in [0.29, 0.717) is 26.0 Å². The number of esters is 1. The zero-order valence-electron chi connectivity index (χ0n) is 9.81. The normalized spacial score (nSPS) is 16.9. The van der Waals surface area contributed by atoms with E-state index in [2.05, 4.69) is 10.1 Å². The summed E-state index contributed by atoms with van der Waals surface area (Å²) in [7, 11) is 1.27. The molecule has 0 saturated carbocycles. The second-order valence-corrected chi connectivity index (χ2v) is 3.47. The number of hydrogen-bond acceptors (Lipinski definition) is 5. The largest absolute Gasteiger partial charge is 0.464 e. The zero-order valence-corrected chi connectivity index (χ0v) is 9.81. The molecule has 1 N–H and O–H groups in total. The number of methoxy groups -OCH3 is 1. The van der Waals surface area contributed by atoms with Crippen LogP contribution in [0.4, 0.5) is 0 Å². The van der Waals surface area contributed by atoms with E-state index < -0.39 is 5.97 Å². The summed E-state index contributed by atoms with van der Waals surface area (Å²) in [6, 6.07) is 0. The number of unbranched alkanes of at least 4 members (excludes halogenated alkanes) is 1. The average Bonchev–Trinajstić information content (AvgIpc) is 2.85.